The maximum absolute atomic E-state index is 9.87. The van der Waals surface area contributed by atoms with Gasteiger partial charge in [-0.05, 0) is 75.4 Å². The van der Waals surface area contributed by atoms with Crippen LogP contribution in [0.25, 0.3) is 0 Å². The molecular weight excluding hydrogens is 582 g/mol. The molecule has 0 aliphatic heterocycles. The monoisotopic (exact) mass is 633 g/mol. The van der Waals surface area contributed by atoms with Gasteiger partial charge in [0.1, 0.15) is 34.5 Å². The fourth-order valence-electron chi connectivity index (χ4n) is 4.06. The first kappa shape index (κ1) is 39.2. The van der Waals surface area contributed by atoms with Crippen molar-refractivity contribution in [2.45, 2.75) is 57.2 Å². The van der Waals surface area contributed by atoms with E-state index in [0.717, 1.165) is 0 Å². The number of aliphatic hydroxyl groups excluding tert-OH is 3. The zero-order valence-corrected chi connectivity index (χ0v) is 27.7. The van der Waals surface area contributed by atoms with Crippen molar-refractivity contribution in [2.24, 2.45) is 17.2 Å². The van der Waals surface area contributed by atoms with Gasteiger partial charge >= 0.3 is 0 Å². The van der Waals surface area contributed by atoms with Crippen molar-refractivity contribution in [1.29, 1.82) is 0 Å². The van der Waals surface area contributed by atoms with Crippen LogP contribution in [-0.2, 0) is 0 Å². The highest BCUT2D eigenvalue weighted by atomic mass is 16.5. The molecule has 0 saturated heterocycles. The molecule has 0 aliphatic rings. The molecule has 252 valence electrons. The number of rotatable bonds is 12. The van der Waals surface area contributed by atoms with E-state index in [1.165, 1.54) is 0 Å². The second-order valence-electron chi connectivity index (χ2n) is 10.2. The van der Waals surface area contributed by atoms with Crippen molar-refractivity contribution >= 4 is 0 Å². The highest BCUT2D eigenvalue weighted by Gasteiger charge is 2.20. The van der Waals surface area contributed by atoms with Crippen LogP contribution in [0, 0.1) is 0 Å². The SMILES string of the molecule is COc1ccc(OC)c(C(O)C(C)N)c1.COc1ccc(OC)c(C(O)C(C)N)c1.COc1ccc(OC)c(C(O)C(C)N)c1. The van der Waals surface area contributed by atoms with Gasteiger partial charge in [0.25, 0.3) is 0 Å². The second kappa shape index (κ2) is 19.6. The summed E-state index contributed by atoms with van der Waals surface area (Å²) in [6, 6.07) is 14.7. The summed E-state index contributed by atoms with van der Waals surface area (Å²) in [5, 5.41) is 29.6. The van der Waals surface area contributed by atoms with Crippen molar-refractivity contribution < 1.29 is 43.7 Å². The quantitative estimate of drug-likeness (QED) is 0.171. The van der Waals surface area contributed by atoms with E-state index in [0.29, 0.717) is 51.2 Å². The van der Waals surface area contributed by atoms with E-state index in [-0.39, 0.29) is 18.1 Å². The molecule has 3 rings (SSSR count). The topological polar surface area (TPSA) is 194 Å². The molecule has 6 atom stereocenters. The van der Waals surface area contributed by atoms with E-state index >= 15 is 0 Å². The van der Waals surface area contributed by atoms with Crippen molar-refractivity contribution in [3.05, 3.63) is 71.3 Å². The Balaban J connectivity index is 0.000000337. The lowest BCUT2D eigenvalue weighted by molar-refractivity contribution is 0.149. The van der Waals surface area contributed by atoms with Crippen molar-refractivity contribution in [3.8, 4) is 34.5 Å². The molecule has 0 saturated carbocycles. The first-order valence-corrected chi connectivity index (χ1v) is 14.3. The molecule has 0 bridgehead atoms. The lowest BCUT2D eigenvalue weighted by Crippen LogP contribution is -2.24. The molecule has 0 aliphatic carbocycles. The molecule has 9 N–H and O–H groups in total. The van der Waals surface area contributed by atoms with Gasteiger partial charge in [0.2, 0.25) is 0 Å². The van der Waals surface area contributed by atoms with Crippen LogP contribution in [0.5, 0.6) is 34.5 Å². The number of aliphatic hydroxyl groups is 3. The summed E-state index contributed by atoms with van der Waals surface area (Å²) in [7, 11) is 9.38. The Labute approximate surface area is 266 Å². The normalized spacial score (nSPS) is 14.5. The summed E-state index contributed by atoms with van der Waals surface area (Å²) >= 11 is 0. The first-order chi connectivity index (χ1) is 21.3. The Morgan fingerprint density at radius 2 is 0.644 bits per heavy atom. The molecule has 0 radical (unpaired) electrons. The smallest absolute Gasteiger partial charge is 0.124 e. The highest BCUT2D eigenvalue weighted by Crippen LogP contribution is 2.32. The summed E-state index contributed by atoms with van der Waals surface area (Å²) in [6.07, 6.45) is -2.26. The number of hydrogen-bond donors (Lipinski definition) is 6. The second-order valence-corrected chi connectivity index (χ2v) is 10.2. The van der Waals surface area contributed by atoms with Gasteiger partial charge in [-0.2, -0.15) is 0 Å². The number of nitrogens with two attached hydrogens (primary N) is 3. The molecule has 45 heavy (non-hydrogen) atoms. The molecule has 3 aromatic rings. The van der Waals surface area contributed by atoms with Gasteiger partial charge in [-0.25, -0.2) is 0 Å². The van der Waals surface area contributed by atoms with Crippen LogP contribution in [0.1, 0.15) is 55.8 Å². The van der Waals surface area contributed by atoms with Crippen LogP contribution in [0.4, 0.5) is 0 Å². The third-order valence-corrected chi connectivity index (χ3v) is 6.76. The van der Waals surface area contributed by atoms with E-state index in [2.05, 4.69) is 0 Å². The molecule has 12 heteroatoms. The largest absolute Gasteiger partial charge is 0.497 e. The van der Waals surface area contributed by atoms with Crippen molar-refractivity contribution in [2.75, 3.05) is 42.7 Å². The minimum absolute atomic E-state index is 0.356. The van der Waals surface area contributed by atoms with Gasteiger partial charge < -0.3 is 60.9 Å². The Bertz CT molecular complexity index is 1130. The van der Waals surface area contributed by atoms with Crippen LogP contribution in [0.2, 0.25) is 0 Å². The van der Waals surface area contributed by atoms with Gasteiger partial charge in [-0.3, -0.25) is 0 Å². The Kier molecular flexibility index (Phi) is 17.1. The summed E-state index contributed by atoms with van der Waals surface area (Å²) < 4.78 is 30.7. The predicted octanol–water partition coefficient (Wildman–Crippen LogP) is 3.25. The Hall–Kier alpha value is -3.78. The Morgan fingerprint density at radius 1 is 0.422 bits per heavy atom. The average Bonchev–Trinajstić information content (AvgIpc) is 3.06. The number of methoxy groups -OCH3 is 6. The minimum Gasteiger partial charge on any atom is -0.497 e. The fraction of sp³-hybridized carbons (Fsp3) is 0.455. The highest BCUT2D eigenvalue weighted by molar-refractivity contribution is 5.43. The van der Waals surface area contributed by atoms with Crippen LogP contribution >= 0.6 is 0 Å². The number of ether oxygens (including phenoxy) is 6. The maximum Gasteiger partial charge on any atom is 0.124 e. The molecule has 0 amide bonds. The van der Waals surface area contributed by atoms with Crippen LogP contribution < -0.4 is 45.6 Å². The van der Waals surface area contributed by atoms with Crippen molar-refractivity contribution in [3.63, 3.8) is 0 Å². The molecule has 12 nitrogen and oxygen atoms in total. The van der Waals surface area contributed by atoms with Gasteiger partial charge in [0, 0.05) is 34.8 Å². The zero-order valence-electron chi connectivity index (χ0n) is 27.7. The predicted molar refractivity (Wildman–Crippen MR) is 174 cm³/mol. The van der Waals surface area contributed by atoms with Gasteiger partial charge in [0.15, 0.2) is 0 Å². The summed E-state index contributed by atoms with van der Waals surface area (Å²) in [6.45, 7) is 5.22. The van der Waals surface area contributed by atoms with Gasteiger partial charge in [-0.15, -0.1) is 0 Å². The first-order valence-electron chi connectivity index (χ1n) is 14.3. The standard InChI is InChI=1S/3C11H17NO3/c3*1-7(12)11(13)9-6-8(14-2)4-5-10(9)15-3/h3*4-7,11,13H,12H2,1-3H3. The molecule has 3 aromatic carbocycles. The van der Waals surface area contributed by atoms with E-state index in [1.54, 1.807) is 118 Å². The maximum atomic E-state index is 9.87. The third-order valence-electron chi connectivity index (χ3n) is 6.76. The molecule has 0 fully saturated rings. The van der Waals surface area contributed by atoms with E-state index < -0.39 is 18.3 Å². The fourth-order valence-corrected chi connectivity index (χ4v) is 4.06. The molecule has 0 aromatic heterocycles. The summed E-state index contributed by atoms with van der Waals surface area (Å²) in [5.41, 5.74) is 18.8. The number of benzene rings is 3. The summed E-state index contributed by atoms with van der Waals surface area (Å²) in [4.78, 5) is 0. The van der Waals surface area contributed by atoms with Gasteiger partial charge in [0.05, 0.1) is 61.0 Å². The lowest BCUT2D eigenvalue weighted by atomic mass is 10.0. The van der Waals surface area contributed by atoms with E-state index in [1.807, 2.05) is 0 Å². The van der Waals surface area contributed by atoms with Crippen LogP contribution in [0.15, 0.2) is 54.6 Å². The minimum atomic E-state index is -0.755. The van der Waals surface area contributed by atoms with E-state index in [4.69, 9.17) is 45.6 Å². The zero-order chi connectivity index (χ0) is 34.3. The molecule has 6 unspecified atom stereocenters. The van der Waals surface area contributed by atoms with E-state index in [9.17, 15) is 15.3 Å². The molecule has 0 spiro atoms. The third kappa shape index (κ3) is 11.6. The Morgan fingerprint density at radius 3 is 0.800 bits per heavy atom. The number of hydrogen-bond acceptors (Lipinski definition) is 12. The average molecular weight is 634 g/mol. The molecule has 0 heterocycles. The summed E-state index contributed by atoms with van der Waals surface area (Å²) in [5.74, 6) is 3.85. The molecular formula is C33H51N3O9. The van der Waals surface area contributed by atoms with Gasteiger partial charge in [-0.1, -0.05) is 0 Å². The van der Waals surface area contributed by atoms with Crippen LogP contribution in [0.3, 0.4) is 0 Å². The van der Waals surface area contributed by atoms with Crippen molar-refractivity contribution in [1.82, 2.24) is 0 Å². The lowest BCUT2D eigenvalue weighted by Gasteiger charge is -2.18. The van der Waals surface area contributed by atoms with Crippen LogP contribution in [-0.4, -0.2) is 76.1 Å².